The van der Waals surface area contributed by atoms with Crippen LogP contribution < -0.4 is 10.2 Å². The zero-order chi connectivity index (χ0) is 11.5. The Hall–Kier alpha value is -0.870. The molecule has 0 atom stereocenters. The van der Waals surface area contributed by atoms with Gasteiger partial charge in [0.25, 0.3) is 0 Å². The van der Waals surface area contributed by atoms with E-state index < -0.39 is 11.6 Å². The van der Waals surface area contributed by atoms with E-state index >= 15 is 0 Å². The van der Waals surface area contributed by atoms with E-state index in [0.717, 1.165) is 38.2 Å². The molecule has 2 rings (SSSR count). The van der Waals surface area contributed by atoms with Crippen molar-refractivity contribution < 1.29 is 8.78 Å². The van der Waals surface area contributed by atoms with Crippen LogP contribution >= 0.6 is 11.6 Å². The SMILES string of the molecule is Fc1cc(F)c(N2CCCNCC2)c(Cl)c1. The summed E-state index contributed by atoms with van der Waals surface area (Å²) < 4.78 is 26.5. The smallest absolute Gasteiger partial charge is 0.150 e. The van der Waals surface area contributed by atoms with Crippen molar-refractivity contribution in [3.8, 4) is 0 Å². The van der Waals surface area contributed by atoms with Gasteiger partial charge in [-0.3, -0.25) is 0 Å². The van der Waals surface area contributed by atoms with E-state index in [2.05, 4.69) is 5.32 Å². The number of anilines is 1. The molecule has 0 spiro atoms. The summed E-state index contributed by atoms with van der Waals surface area (Å²) in [6.45, 7) is 3.11. The monoisotopic (exact) mass is 246 g/mol. The zero-order valence-electron chi connectivity index (χ0n) is 8.77. The molecule has 1 aliphatic heterocycles. The molecule has 0 aromatic heterocycles. The predicted octanol–water partition coefficient (Wildman–Crippen LogP) is 2.42. The molecule has 0 radical (unpaired) electrons. The summed E-state index contributed by atoms with van der Waals surface area (Å²) in [5, 5.41) is 3.35. The summed E-state index contributed by atoms with van der Waals surface area (Å²) in [5.41, 5.74) is 0.312. The van der Waals surface area contributed by atoms with Crippen molar-refractivity contribution in [3.05, 3.63) is 28.8 Å². The van der Waals surface area contributed by atoms with E-state index in [1.54, 1.807) is 0 Å². The lowest BCUT2D eigenvalue weighted by Gasteiger charge is -2.23. The lowest BCUT2D eigenvalue weighted by Crippen LogP contribution is -2.28. The highest BCUT2D eigenvalue weighted by molar-refractivity contribution is 6.33. The second-order valence-corrected chi connectivity index (χ2v) is 4.22. The standard InChI is InChI=1S/C11H13ClF2N2/c12-9-6-8(13)7-10(14)11(9)16-4-1-2-15-3-5-16/h6-7,15H,1-5H2. The van der Waals surface area contributed by atoms with Crippen molar-refractivity contribution in [2.45, 2.75) is 6.42 Å². The van der Waals surface area contributed by atoms with Crippen LogP contribution in [0.1, 0.15) is 6.42 Å². The van der Waals surface area contributed by atoms with Gasteiger partial charge in [0.15, 0.2) is 5.82 Å². The summed E-state index contributed by atoms with van der Waals surface area (Å²) in [5.74, 6) is -1.23. The van der Waals surface area contributed by atoms with Crippen LogP contribution in [0.4, 0.5) is 14.5 Å². The quantitative estimate of drug-likeness (QED) is 0.819. The Morgan fingerprint density at radius 2 is 2.00 bits per heavy atom. The van der Waals surface area contributed by atoms with Crippen molar-refractivity contribution in [2.75, 3.05) is 31.1 Å². The van der Waals surface area contributed by atoms with Gasteiger partial charge in [-0.25, -0.2) is 8.78 Å². The lowest BCUT2D eigenvalue weighted by molar-refractivity contribution is 0.579. The fourth-order valence-electron chi connectivity index (χ4n) is 1.91. The second kappa shape index (κ2) is 4.97. The van der Waals surface area contributed by atoms with Gasteiger partial charge in [-0.15, -0.1) is 0 Å². The Labute approximate surface area is 98.2 Å². The van der Waals surface area contributed by atoms with Gasteiger partial charge in [0.2, 0.25) is 0 Å². The molecule has 0 bridgehead atoms. The van der Waals surface area contributed by atoms with Crippen LogP contribution in [0, 0.1) is 11.6 Å². The molecular formula is C11H13ClF2N2. The third-order valence-corrected chi connectivity index (χ3v) is 2.93. The zero-order valence-corrected chi connectivity index (χ0v) is 9.53. The van der Waals surface area contributed by atoms with Crippen LogP contribution in [0.2, 0.25) is 5.02 Å². The molecule has 2 nitrogen and oxygen atoms in total. The summed E-state index contributed by atoms with van der Waals surface area (Å²) in [4.78, 5) is 1.86. The first-order chi connectivity index (χ1) is 7.68. The van der Waals surface area contributed by atoms with Crippen LogP contribution in [0.3, 0.4) is 0 Å². The first-order valence-electron chi connectivity index (χ1n) is 5.28. The molecule has 88 valence electrons. The molecular weight excluding hydrogens is 234 g/mol. The minimum atomic E-state index is -0.640. The average Bonchev–Trinajstić information content (AvgIpc) is 2.44. The Morgan fingerprint density at radius 3 is 2.75 bits per heavy atom. The van der Waals surface area contributed by atoms with Crippen molar-refractivity contribution >= 4 is 17.3 Å². The van der Waals surface area contributed by atoms with E-state index in [1.807, 2.05) is 4.90 Å². The Balaban J connectivity index is 2.31. The summed E-state index contributed by atoms with van der Waals surface area (Å²) in [6.07, 6.45) is 0.924. The molecule has 1 N–H and O–H groups in total. The molecule has 16 heavy (non-hydrogen) atoms. The Kier molecular flexibility index (Phi) is 3.61. The van der Waals surface area contributed by atoms with Crippen LogP contribution in [0.15, 0.2) is 12.1 Å². The highest BCUT2D eigenvalue weighted by Crippen LogP contribution is 2.30. The Bertz CT molecular complexity index is 353. The summed E-state index contributed by atoms with van der Waals surface area (Å²) in [6, 6.07) is 2.03. The lowest BCUT2D eigenvalue weighted by atomic mass is 10.2. The molecule has 0 aliphatic carbocycles. The van der Waals surface area contributed by atoms with Gasteiger partial charge in [-0.2, -0.15) is 0 Å². The first-order valence-corrected chi connectivity index (χ1v) is 5.66. The van der Waals surface area contributed by atoms with E-state index in [9.17, 15) is 8.78 Å². The molecule has 1 saturated heterocycles. The van der Waals surface area contributed by atoms with E-state index in [4.69, 9.17) is 11.6 Å². The van der Waals surface area contributed by atoms with E-state index in [0.29, 0.717) is 12.2 Å². The van der Waals surface area contributed by atoms with Gasteiger partial charge in [0, 0.05) is 25.7 Å². The molecule has 1 aromatic rings. The molecule has 1 aliphatic rings. The number of hydrogen-bond donors (Lipinski definition) is 1. The van der Waals surface area contributed by atoms with E-state index in [1.165, 1.54) is 0 Å². The van der Waals surface area contributed by atoms with Gasteiger partial charge in [0.1, 0.15) is 5.82 Å². The minimum absolute atomic E-state index is 0.138. The van der Waals surface area contributed by atoms with Crippen LogP contribution in [0.25, 0.3) is 0 Å². The van der Waals surface area contributed by atoms with Gasteiger partial charge in [0.05, 0.1) is 10.7 Å². The molecule has 1 fully saturated rings. The minimum Gasteiger partial charge on any atom is -0.367 e. The molecule has 1 heterocycles. The number of halogens is 3. The maximum absolute atomic E-state index is 13.6. The van der Waals surface area contributed by atoms with E-state index in [-0.39, 0.29) is 5.02 Å². The highest BCUT2D eigenvalue weighted by Gasteiger charge is 2.17. The average molecular weight is 247 g/mol. The molecule has 1 aromatic carbocycles. The number of nitrogens with zero attached hydrogens (tertiary/aromatic N) is 1. The van der Waals surface area contributed by atoms with Crippen LogP contribution in [0.5, 0.6) is 0 Å². The van der Waals surface area contributed by atoms with Crippen molar-refractivity contribution in [1.29, 1.82) is 0 Å². The fraction of sp³-hybridized carbons (Fsp3) is 0.455. The number of hydrogen-bond acceptors (Lipinski definition) is 2. The van der Waals surface area contributed by atoms with Crippen LogP contribution in [-0.4, -0.2) is 26.2 Å². The number of rotatable bonds is 1. The first kappa shape index (κ1) is 11.6. The fourth-order valence-corrected chi connectivity index (χ4v) is 2.22. The van der Waals surface area contributed by atoms with Gasteiger partial charge < -0.3 is 10.2 Å². The second-order valence-electron chi connectivity index (χ2n) is 3.81. The van der Waals surface area contributed by atoms with Gasteiger partial charge in [-0.05, 0) is 19.0 Å². The van der Waals surface area contributed by atoms with Gasteiger partial charge >= 0.3 is 0 Å². The maximum atomic E-state index is 13.6. The molecule has 5 heteroatoms. The molecule has 0 saturated carbocycles. The third kappa shape index (κ3) is 2.44. The normalized spacial score (nSPS) is 17.3. The predicted molar refractivity (Wildman–Crippen MR) is 61.1 cm³/mol. The van der Waals surface area contributed by atoms with Crippen molar-refractivity contribution in [1.82, 2.24) is 5.32 Å². The number of nitrogens with one attached hydrogen (secondary N) is 1. The summed E-state index contributed by atoms with van der Waals surface area (Å²) in [7, 11) is 0. The largest absolute Gasteiger partial charge is 0.367 e. The molecule has 0 amide bonds. The van der Waals surface area contributed by atoms with Crippen LogP contribution in [-0.2, 0) is 0 Å². The van der Waals surface area contributed by atoms with Crippen molar-refractivity contribution in [3.63, 3.8) is 0 Å². The topological polar surface area (TPSA) is 15.3 Å². The van der Waals surface area contributed by atoms with Crippen molar-refractivity contribution in [2.24, 2.45) is 0 Å². The third-order valence-electron chi connectivity index (χ3n) is 2.64. The van der Waals surface area contributed by atoms with Gasteiger partial charge in [-0.1, -0.05) is 11.6 Å². The Morgan fingerprint density at radius 1 is 1.19 bits per heavy atom. The molecule has 0 unspecified atom stereocenters. The highest BCUT2D eigenvalue weighted by atomic mass is 35.5. The summed E-state index contributed by atoms with van der Waals surface area (Å²) >= 11 is 5.88. The number of benzene rings is 1. The maximum Gasteiger partial charge on any atom is 0.150 e.